The summed E-state index contributed by atoms with van der Waals surface area (Å²) in [5.41, 5.74) is 12.8. The molecular formula is C26H33N3O8P+. The minimum atomic E-state index is -4.27. The van der Waals surface area contributed by atoms with E-state index in [9.17, 15) is 14.3 Å². The van der Waals surface area contributed by atoms with Crippen molar-refractivity contribution in [2.75, 3.05) is 59.0 Å². The van der Waals surface area contributed by atoms with Crippen LogP contribution >= 0.6 is 7.82 Å². The molecule has 0 bridgehead atoms. The van der Waals surface area contributed by atoms with Crippen molar-refractivity contribution in [3.63, 3.8) is 0 Å². The molecule has 0 radical (unpaired) electrons. The molecule has 1 unspecified atom stereocenters. The molecule has 3 rings (SSSR count). The standard InChI is InChI=1S/C26H32N3O8P/c1-29(2,3)12-13-34-38(31,32)35-15-14-33-26(30)19-16-24(36-22-8-4-20(27)5-9-22)18-25(17-19)37-23-10-6-21(28)7-11-23/h4-11,16-18H,12-15,27-28H2,1-3H3/p+1. The summed E-state index contributed by atoms with van der Waals surface area (Å²) < 4.78 is 39.4. The first-order valence-corrected chi connectivity index (χ1v) is 13.2. The predicted octanol–water partition coefficient (Wildman–Crippen LogP) is 4.43. The topological polar surface area (TPSA) is 153 Å². The highest BCUT2D eigenvalue weighted by Crippen LogP contribution is 2.42. The van der Waals surface area contributed by atoms with Crippen LogP contribution in [0.25, 0.3) is 0 Å². The van der Waals surface area contributed by atoms with Crippen LogP contribution in [0.4, 0.5) is 11.4 Å². The second kappa shape index (κ2) is 12.8. The Hall–Kier alpha value is -3.60. The normalized spacial score (nSPS) is 12.9. The van der Waals surface area contributed by atoms with Gasteiger partial charge in [0.05, 0.1) is 33.3 Å². The Labute approximate surface area is 221 Å². The van der Waals surface area contributed by atoms with Crippen LogP contribution in [0, 0.1) is 0 Å². The fourth-order valence-electron chi connectivity index (χ4n) is 2.99. The number of esters is 1. The third-order valence-electron chi connectivity index (χ3n) is 4.93. The second-order valence-electron chi connectivity index (χ2n) is 9.32. The van der Waals surface area contributed by atoms with Crippen molar-refractivity contribution < 1.29 is 42.0 Å². The Morgan fingerprint density at radius 1 is 0.763 bits per heavy atom. The van der Waals surface area contributed by atoms with Gasteiger partial charge in [0.1, 0.15) is 42.8 Å². The first-order chi connectivity index (χ1) is 17.9. The van der Waals surface area contributed by atoms with Crippen LogP contribution in [0.2, 0.25) is 0 Å². The summed E-state index contributed by atoms with van der Waals surface area (Å²) >= 11 is 0. The van der Waals surface area contributed by atoms with E-state index < -0.39 is 13.8 Å². The number of likely N-dealkylation sites (N-methyl/N-ethyl adjacent to an activating group) is 1. The van der Waals surface area contributed by atoms with E-state index in [1.54, 1.807) is 54.6 Å². The summed E-state index contributed by atoms with van der Waals surface area (Å²) in [6.45, 7) is -0.0628. The zero-order chi connectivity index (χ0) is 27.8. The molecule has 11 nitrogen and oxygen atoms in total. The molecule has 3 aromatic rings. The van der Waals surface area contributed by atoms with Gasteiger partial charge in [-0.05, 0) is 60.7 Å². The van der Waals surface area contributed by atoms with Gasteiger partial charge >= 0.3 is 13.8 Å². The van der Waals surface area contributed by atoms with E-state index >= 15 is 0 Å². The van der Waals surface area contributed by atoms with E-state index in [1.165, 1.54) is 12.1 Å². The number of benzene rings is 3. The number of carbonyl (C=O) groups excluding carboxylic acids is 1. The number of ether oxygens (including phenoxy) is 3. The Balaban J connectivity index is 1.65. The lowest BCUT2D eigenvalue weighted by Gasteiger charge is -2.24. The van der Waals surface area contributed by atoms with E-state index in [0.717, 1.165) is 0 Å². The van der Waals surface area contributed by atoms with Crippen molar-refractivity contribution in [3.8, 4) is 23.0 Å². The smallest absolute Gasteiger partial charge is 0.460 e. The molecular weight excluding hydrogens is 513 g/mol. The molecule has 0 aliphatic rings. The summed E-state index contributed by atoms with van der Waals surface area (Å²) in [4.78, 5) is 22.6. The molecule has 204 valence electrons. The largest absolute Gasteiger partial charge is 0.472 e. The molecule has 0 amide bonds. The number of nitrogens with two attached hydrogens (primary N) is 2. The molecule has 0 aliphatic carbocycles. The van der Waals surface area contributed by atoms with Gasteiger partial charge in [-0.3, -0.25) is 9.05 Å². The first kappa shape index (κ1) is 29.0. The van der Waals surface area contributed by atoms with Gasteiger partial charge in [-0.25, -0.2) is 9.36 Å². The van der Waals surface area contributed by atoms with Crippen LogP contribution in [-0.4, -0.2) is 62.9 Å². The van der Waals surface area contributed by atoms with Crippen molar-refractivity contribution in [3.05, 3.63) is 72.3 Å². The quantitative estimate of drug-likeness (QED) is 0.0922. The highest BCUT2D eigenvalue weighted by Gasteiger charge is 2.23. The number of nitrogen functional groups attached to an aromatic ring is 2. The zero-order valence-electron chi connectivity index (χ0n) is 21.5. The molecule has 0 saturated heterocycles. The number of hydrogen-bond donors (Lipinski definition) is 3. The number of anilines is 2. The Morgan fingerprint density at radius 2 is 1.24 bits per heavy atom. The number of hydrogen-bond acceptors (Lipinski definition) is 9. The SMILES string of the molecule is C[N+](C)(C)CCOP(=O)(O)OCCOC(=O)c1cc(Oc2ccc(N)cc2)cc(Oc2ccc(N)cc2)c1. The highest BCUT2D eigenvalue weighted by atomic mass is 31.2. The summed E-state index contributed by atoms with van der Waals surface area (Å²) in [5, 5.41) is 0. The molecule has 1 atom stereocenters. The van der Waals surface area contributed by atoms with Gasteiger partial charge in [0.25, 0.3) is 0 Å². The number of phosphoric acid groups is 1. The van der Waals surface area contributed by atoms with Gasteiger partial charge < -0.3 is 35.1 Å². The number of rotatable bonds is 13. The van der Waals surface area contributed by atoms with E-state index in [1.807, 2.05) is 21.1 Å². The van der Waals surface area contributed by atoms with Gasteiger partial charge in [-0.1, -0.05) is 0 Å². The van der Waals surface area contributed by atoms with E-state index in [2.05, 4.69) is 0 Å². The van der Waals surface area contributed by atoms with Crippen LogP contribution in [0.3, 0.4) is 0 Å². The number of quaternary nitrogens is 1. The summed E-state index contributed by atoms with van der Waals surface area (Å²) in [5.74, 6) is 0.922. The monoisotopic (exact) mass is 546 g/mol. The fraction of sp³-hybridized carbons (Fsp3) is 0.269. The van der Waals surface area contributed by atoms with Crippen molar-refractivity contribution in [1.29, 1.82) is 0 Å². The average Bonchev–Trinajstić information content (AvgIpc) is 2.83. The maximum absolute atomic E-state index is 12.8. The minimum absolute atomic E-state index is 0.0364. The first-order valence-electron chi connectivity index (χ1n) is 11.7. The van der Waals surface area contributed by atoms with E-state index in [-0.39, 0.29) is 25.4 Å². The third kappa shape index (κ3) is 10.0. The van der Waals surface area contributed by atoms with Gasteiger partial charge in [-0.2, -0.15) is 0 Å². The molecule has 0 aromatic heterocycles. The molecule has 3 aromatic carbocycles. The Kier molecular flexibility index (Phi) is 9.73. The molecule has 0 aliphatic heterocycles. The Morgan fingerprint density at radius 3 is 1.71 bits per heavy atom. The fourth-order valence-corrected chi connectivity index (χ4v) is 3.68. The lowest BCUT2D eigenvalue weighted by molar-refractivity contribution is -0.870. The molecule has 0 fully saturated rings. The number of carbonyl (C=O) groups is 1. The zero-order valence-corrected chi connectivity index (χ0v) is 22.4. The highest BCUT2D eigenvalue weighted by molar-refractivity contribution is 7.47. The van der Waals surface area contributed by atoms with Crippen molar-refractivity contribution in [1.82, 2.24) is 0 Å². The van der Waals surface area contributed by atoms with Crippen molar-refractivity contribution >= 4 is 25.2 Å². The molecule has 38 heavy (non-hydrogen) atoms. The van der Waals surface area contributed by atoms with Crippen LogP contribution in [0.15, 0.2) is 66.7 Å². The predicted molar refractivity (Wildman–Crippen MR) is 143 cm³/mol. The third-order valence-corrected chi connectivity index (χ3v) is 5.95. The summed E-state index contributed by atoms with van der Waals surface area (Å²) in [6.07, 6.45) is 0. The Bertz CT molecular complexity index is 1200. The maximum atomic E-state index is 12.8. The van der Waals surface area contributed by atoms with Crippen LogP contribution < -0.4 is 20.9 Å². The van der Waals surface area contributed by atoms with Gasteiger partial charge in [0.15, 0.2) is 0 Å². The van der Waals surface area contributed by atoms with Crippen molar-refractivity contribution in [2.24, 2.45) is 0 Å². The minimum Gasteiger partial charge on any atom is -0.460 e. The lowest BCUT2D eigenvalue weighted by Crippen LogP contribution is -2.37. The summed E-state index contributed by atoms with van der Waals surface area (Å²) in [6, 6.07) is 18.1. The second-order valence-corrected chi connectivity index (χ2v) is 10.8. The van der Waals surface area contributed by atoms with Crippen molar-refractivity contribution in [2.45, 2.75) is 0 Å². The molecule has 0 saturated carbocycles. The number of phosphoric ester groups is 1. The van der Waals surface area contributed by atoms with Crippen LogP contribution in [0.1, 0.15) is 10.4 Å². The van der Waals surface area contributed by atoms with Gasteiger partial charge in [0.2, 0.25) is 0 Å². The van der Waals surface area contributed by atoms with Gasteiger partial charge in [0, 0.05) is 17.4 Å². The lowest BCUT2D eigenvalue weighted by atomic mass is 10.2. The van der Waals surface area contributed by atoms with Crippen LogP contribution in [-0.2, 0) is 18.3 Å². The van der Waals surface area contributed by atoms with Gasteiger partial charge in [-0.15, -0.1) is 0 Å². The molecule has 5 N–H and O–H groups in total. The van der Waals surface area contributed by atoms with E-state index in [0.29, 0.717) is 45.4 Å². The molecule has 0 spiro atoms. The van der Waals surface area contributed by atoms with E-state index in [4.69, 9.17) is 34.7 Å². The average molecular weight is 547 g/mol. The molecule has 0 heterocycles. The summed E-state index contributed by atoms with van der Waals surface area (Å²) in [7, 11) is 1.50. The molecule has 12 heteroatoms. The van der Waals surface area contributed by atoms with Crippen LogP contribution in [0.5, 0.6) is 23.0 Å². The maximum Gasteiger partial charge on any atom is 0.472 e. The number of nitrogens with zero attached hydrogens (tertiary/aromatic N) is 1.